The maximum absolute atomic E-state index is 12.0. The van der Waals surface area contributed by atoms with Crippen LogP contribution in [0.1, 0.15) is 22.3 Å². The Morgan fingerprint density at radius 2 is 2.35 bits per heavy atom. The molecule has 0 spiro atoms. The van der Waals surface area contributed by atoms with Gasteiger partial charge in [-0.05, 0) is 42.1 Å². The lowest BCUT2D eigenvalue weighted by atomic mass is 10.1. The molecule has 7 nitrogen and oxygen atoms in total. The van der Waals surface area contributed by atoms with Crippen LogP contribution in [0, 0.1) is 12.8 Å². The number of hydrogen-bond donors (Lipinski definition) is 1. The highest BCUT2D eigenvalue weighted by Gasteiger charge is 2.30. The number of carbonyl (C=O) groups is 2. The van der Waals surface area contributed by atoms with Crippen LogP contribution >= 0.6 is 0 Å². The molecule has 1 heterocycles. The summed E-state index contributed by atoms with van der Waals surface area (Å²) < 4.78 is 0. The maximum Gasteiger partial charge on any atom is 0.335 e. The van der Waals surface area contributed by atoms with Crippen molar-refractivity contribution in [2.24, 2.45) is 11.0 Å². The lowest BCUT2D eigenvalue weighted by molar-refractivity contribution is -0.117. The number of azide groups is 1. The largest absolute Gasteiger partial charge is 0.478 e. The first-order chi connectivity index (χ1) is 9.52. The van der Waals surface area contributed by atoms with Crippen molar-refractivity contribution in [1.29, 1.82) is 0 Å². The second-order valence-corrected chi connectivity index (χ2v) is 4.79. The molecule has 1 fully saturated rings. The summed E-state index contributed by atoms with van der Waals surface area (Å²) in [6, 6.07) is 4.68. The molecule has 104 valence electrons. The molecule has 0 radical (unpaired) electrons. The molecule has 1 saturated heterocycles. The normalized spacial score (nSPS) is 17.9. The molecular formula is C13H14N4O3. The van der Waals surface area contributed by atoms with E-state index in [1.54, 1.807) is 24.0 Å². The van der Waals surface area contributed by atoms with Crippen LogP contribution < -0.4 is 4.90 Å². The molecule has 0 aliphatic carbocycles. The molecule has 1 aromatic carbocycles. The highest BCUT2D eigenvalue weighted by Crippen LogP contribution is 2.28. The quantitative estimate of drug-likeness (QED) is 0.517. The van der Waals surface area contributed by atoms with Crippen LogP contribution in [-0.2, 0) is 4.79 Å². The van der Waals surface area contributed by atoms with E-state index in [0.29, 0.717) is 25.2 Å². The summed E-state index contributed by atoms with van der Waals surface area (Å²) in [5.74, 6) is -1.01. The Morgan fingerprint density at radius 1 is 1.60 bits per heavy atom. The van der Waals surface area contributed by atoms with Gasteiger partial charge in [-0.25, -0.2) is 4.79 Å². The topological polar surface area (TPSA) is 106 Å². The van der Waals surface area contributed by atoms with Crippen molar-refractivity contribution < 1.29 is 14.7 Å². The molecule has 0 bridgehead atoms. The SMILES string of the molecule is Cc1cc(C(=O)O)ccc1N1CC(CN=[N+]=[N-])CC1=O. The molecule has 1 aliphatic rings. The number of anilines is 1. The predicted octanol–water partition coefficient (Wildman–Crippen LogP) is 2.36. The number of amides is 1. The van der Waals surface area contributed by atoms with Crippen LogP contribution in [0.4, 0.5) is 5.69 Å². The van der Waals surface area contributed by atoms with E-state index in [1.807, 2.05) is 0 Å². The van der Waals surface area contributed by atoms with Gasteiger partial charge >= 0.3 is 5.97 Å². The van der Waals surface area contributed by atoms with E-state index in [1.165, 1.54) is 6.07 Å². The average Bonchev–Trinajstić information content (AvgIpc) is 2.77. The lowest BCUT2D eigenvalue weighted by Crippen LogP contribution is -2.25. The Balaban J connectivity index is 2.21. The van der Waals surface area contributed by atoms with Crippen molar-refractivity contribution in [2.75, 3.05) is 18.0 Å². The van der Waals surface area contributed by atoms with Gasteiger partial charge < -0.3 is 10.0 Å². The molecule has 1 unspecified atom stereocenters. The van der Waals surface area contributed by atoms with Crippen LogP contribution in [0.15, 0.2) is 23.3 Å². The summed E-state index contributed by atoms with van der Waals surface area (Å²) in [5.41, 5.74) is 9.95. The molecule has 1 aromatic rings. The minimum atomic E-state index is -0.992. The summed E-state index contributed by atoms with van der Waals surface area (Å²) in [6.45, 7) is 2.56. The van der Waals surface area contributed by atoms with E-state index in [2.05, 4.69) is 10.0 Å². The van der Waals surface area contributed by atoms with Crippen LogP contribution in [-0.4, -0.2) is 30.1 Å². The maximum atomic E-state index is 12.0. The van der Waals surface area contributed by atoms with Crippen molar-refractivity contribution in [3.05, 3.63) is 39.8 Å². The van der Waals surface area contributed by atoms with Crippen molar-refractivity contribution in [2.45, 2.75) is 13.3 Å². The second-order valence-electron chi connectivity index (χ2n) is 4.79. The Bertz CT molecular complexity index is 608. The van der Waals surface area contributed by atoms with Gasteiger partial charge in [-0.15, -0.1) is 0 Å². The summed E-state index contributed by atoms with van der Waals surface area (Å²) in [6.07, 6.45) is 0.346. The van der Waals surface area contributed by atoms with Crippen molar-refractivity contribution in [1.82, 2.24) is 0 Å². The van der Waals surface area contributed by atoms with E-state index in [-0.39, 0.29) is 17.4 Å². The van der Waals surface area contributed by atoms with Gasteiger partial charge in [0, 0.05) is 30.1 Å². The number of carbonyl (C=O) groups excluding carboxylic acids is 1. The molecule has 0 saturated carbocycles. The predicted molar refractivity (Wildman–Crippen MR) is 72.6 cm³/mol. The first-order valence-electron chi connectivity index (χ1n) is 6.18. The van der Waals surface area contributed by atoms with E-state index < -0.39 is 5.97 Å². The van der Waals surface area contributed by atoms with E-state index >= 15 is 0 Å². The van der Waals surface area contributed by atoms with Gasteiger partial charge in [0.05, 0.1) is 5.56 Å². The zero-order chi connectivity index (χ0) is 14.7. The number of carboxylic acids is 1. The Labute approximate surface area is 115 Å². The number of benzene rings is 1. The third-order valence-electron chi connectivity index (χ3n) is 3.34. The third kappa shape index (κ3) is 2.73. The number of carboxylic acid groups (broad SMARTS) is 1. The Kier molecular flexibility index (Phi) is 3.91. The Hall–Kier alpha value is -2.53. The van der Waals surface area contributed by atoms with Crippen LogP contribution in [0.2, 0.25) is 0 Å². The summed E-state index contributed by atoms with van der Waals surface area (Å²) >= 11 is 0. The molecule has 20 heavy (non-hydrogen) atoms. The fourth-order valence-electron chi connectivity index (χ4n) is 2.38. The first kappa shape index (κ1) is 13.9. The van der Waals surface area contributed by atoms with Crippen LogP contribution in [0.25, 0.3) is 10.4 Å². The summed E-state index contributed by atoms with van der Waals surface area (Å²) in [7, 11) is 0. The van der Waals surface area contributed by atoms with Crippen molar-refractivity contribution in [3.8, 4) is 0 Å². The van der Waals surface area contributed by atoms with E-state index in [0.717, 1.165) is 5.56 Å². The minimum Gasteiger partial charge on any atom is -0.478 e. The van der Waals surface area contributed by atoms with Crippen molar-refractivity contribution >= 4 is 17.6 Å². The molecule has 1 atom stereocenters. The average molecular weight is 274 g/mol. The monoisotopic (exact) mass is 274 g/mol. The number of rotatable bonds is 4. The summed E-state index contributed by atoms with van der Waals surface area (Å²) in [4.78, 5) is 27.2. The molecular weight excluding hydrogens is 260 g/mol. The zero-order valence-electron chi connectivity index (χ0n) is 11.0. The summed E-state index contributed by atoms with van der Waals surface area (Å²) in [5, 5.41) is 12.4. The van der Waals surface area contributed by atoms with Gasteiger partial charge in [-0.1, -0.05) is 5.11 Å². The van der Waals surface area contributed by atoms with E-state index in [9.17, 15) is 9.59 Å². The lowest BCUT2D eigenvalue weighted by Gasteiger charge is -2.19. The smallest absolute Gasteiger partial charge is 0.335 e. The number of nitrogens with zero attached hydrogens (tertiary/aromatic N) is 4. The molecule has 2 rings (SSSR count). The minimum absolute atomic E-state index is 0.0111. The Morgan fingerprint density at radius 3 is 2.95 bits per heavy atom. The van der Waals surface area contributed by atoms with Gasteiger partial charge in [-0.2, -0.15) is 0 Å². The number of aromatic carboxylic acids is 1. The van der Waals surface area contributed by atoms with Gasteiger partial charge in [0.25, 0.3) is 0 Å². The number of hydrogen-bond acceptors (Lipinski definition) is 3. The fourth-order valence-corrected chi connectivity index (χ4v) is 2.38. The van der Waals surface area contributed by atoms with Crippen LogP contribution in [0.3, 0.4) is 0 Å². The first-order valence-corrected chi connectivity index (χ1v) is 6.18. The molecule has 7 heteroatoms. The molecule has 1 amide bonds. The fraction of sp³-hybridized carbons (Fsp3) is 0.385. The van der Waals surface area contributed by atoms with Gasteiger partial charge in [0.15, 0.2) is 0 Å². The van der Waals surface area contributed by atoms with Gasteiger partial charge in [0.2, 0.25) is 5.91 Å². The third-order valence-corrected chi connectivity index (χ3v) is 3.34. The number of aryl methyl sites for hydroxylation is 1. The van der Waals surface area contributed by atoms with Gasteiger partial charge in [0.1, 0.15) is 0 Å². The van der Waals surface area contributed by atoms with Gasteiger partial charge in [-0.3, -0.25) is 4.79 Å². The van der Waals surface area contributed by atoms with E-state index in [4.69, 9.17) is 10.6 Å². The zero-order valence-corrected chi connectivity index (χ0v) is 11.0. The second kappa shape index (κ2) is 5.63. The molecule has 1 aliphatic heterocycles. The van der Waals surface area contributed by atoms with Crippen molar-refractivity contribution in [3.63, 3.8) is 0 Å². The highest BCUT2D eigenvalue weighted by molar-refractivity contribution is 5.97. The molecule has 1 N–H and O–H groups in total. The molecule has 0 aromatic heterocycles. The standard InChI is InChI=1S/C13H14N4O3/c1-8-4-10(13(19)20)2-3-11(8)17-7-9(5-12(17)18)6-15-16-14/h2-4,9H,5-7H2,1H3,(H,19,20). The highest BCUT2D eigenvalue weighted by atomic mass is 16.4. The van der Waals surface area contributed by atoms with Crippen LogP contribution in [0.5, 0.6) is 0 Å².